The van der Waals surface area contributed by atoms with Crippen LogP contribution in [0.5, 0.6) is 5.75 Å². The molecule has 0 saturated heterocycles. The highest BCUT2D eigenvalue weighted by Gasteiger charge is 2.07. The van der Waals surface area contributed by atoms with Crippen molar-refractivity contribution in [1.82, 2.24) is 0 Å². The first kappa shape index (κ1) is 13.9. The van der Waals surface area contributed by atoms with Gasteiger partial charge in [-0.3, -0.25) is 0 Å². The fourth-order valence-electron chi connectivity index (χ4n) is 2.09. The molecule has 102 valence electrons. The summed E-state index contributed by atoms with van der Waals surface area (Å²) in [5, 5.41) is 17.0. The number of nitrogens with one attached hydrogen (secondary N) is 1. The third-order valence-corrected chi connectivity index (χ3v) is 3.72. The van der Waals surface area contributed by atoms with Crippen molar-refractivity contribution in [3.63, 3.8) is 0 Å². The van der Waals surface area contributed by atoms with E-state index in [1.807, 2.05) is 18.2 Å². The number of aliphatic hydroxyl groups excluding tert-OH is 1. The Morgan fingerprint density at radius 1 is 1.37 bits per heavy atom. The van der Waals surface area contributed by atoms with Gasteiger partial charge < -0.3 is 15.2 Å². The lowest BCUT2D eigenvalue weighted by atomic mass is 10.1. The van der Waals surface area contributed by atoms with Crippen LogP contribution in [0.25, 0.3) is 0 Å². The van der Waals surface area contributed by atoms with Crippen LogP contribution in [-0.4, -0.2) is 18.3 Å². The molecule has 1 unspecified atom stereocenters. The van der Waals surface area contributed by atoms with Crippen molar-refractivity contribution in [3.05, 3.63) is 46.2 Å². The Morgan fingerprint density at radius 2 is 2.21 bits per heavy atom. The minimum atomic E-state index is -0.0163. The molecule has 0 amide bonds. The molecule has 3 nitrogen and oxygen atoms in total. The number of rotatable bonds is 6. The maximum absolute atomic E-state index is 9.31. The van der Waals surface area contributed by atoms with Gasteiger partial charge in [-0.1, -0.05) is 0 Å². The van der Waals surface area contributed by atoms with Crippen LogP contribution in [0.2, 0.25) is 0 Å². The lowest BCUT2D eigenvalue weighted by Crippen LogP contribution is -2.17. The number of methoxy groups -OCH3 is 1. The minimum absolute atomic E-state index is 0.0163. The fraction of sp³-hybridized carbons (Fsp3) is 0.333. The lowest BCUT2D eigenvalue weighted by molar-refractivity contribution is 0.274. The van der Waals surface area contributed by atoms with Gasteiger partial charge in [0.15, 0.2) is 0 Å². The van der Waals surface area contributed by atoms with Gasteiger partial charge in [-0.25, -0.2) is 0 Å². The van der Waals surface area contributed by atoms with Crippen LogP contribution < -0.4 is 10.1 Å². The molecule has 2 N–H and O–H groups in total. The zero-order valence-electron chi connectivity index (χ0n) is 11.2. The van der Waals surface area contributed by atoms with E-state index in [4.69, 9.17) is 4.74 Å². The Kier molecular flexibility index (Phi) is 4.82. The number of hydrogen-bond acceptors (Lipinski definition) is 4. The average Bonchev–Trinajstić information content (AvgIpc) is 2.91. The molecule has 0 aliphatic carbocycles. The van der Waals surface area contributed by atoms with E-state index in [0.29, 0.717) is 6.04 Å². The van der Waals surface area contributed by atoms with Gasteiger partial charge in [0.25, 0.3) is 0 Å². The van der Waals surface area contributed by atoms with Crippen LogP contribution in [0.4, 0.5) is 5.69 Å². The van der Waals surface area contributed by atoms with E-state index in [1.165, 1.54) is 5.56 Å². The van der Waals surface area contributed by atoms with Crippen LogP contribution in [0.15, 0.2) is 35.0 Å². The second-order valence-corrected chi connectivity index (χ2v) is 5.35. The number of benzene rings is 1. The zero-order chi connectivity index (χ0) is 13.7. The monoisotopic (exact) mass is 277 g/mol. The van der Waals surface area contributed by atoms with E-state index in [9.17, 15) is 5.11 Å². The Bertz CT molecular complexity index is 511. The normalized spacial score (nSPS) is 12.2. The van der Waals surface area contributed by atoms with Crippen LogP contribution >= 0.6 is 11.3 Å². The molecular weight excluding hydrogens is 258 g/mol. The Labute approximate surface area is 117 Å². The van der Waals surface area contributed by atoms with Crippen molar-refractivity contribution in [2.24, 2.45) is 0 Å². The number of aliphatic hydroxyl groups is 1. The number of ether oxygens (including phenoxy) is 1. The molecule has 0 radical (unpaired) electrons. The van der Waals surface area contributed by atoms with Gasteiger partial charge in [0.1, 0.15) is 5.75 Å². The molecule has 1 heterocycles. The average molecular weight is 277 g/mol. The van der Waals surface area contributed by atoms with E-state index in [-0.39, 0.29) is 6.61 Å². The molecule has 1 atom stereocenters. The largest absolute Gasteiger partial charge is 0.496 e. The predicted molar refractivity (Wildman–Crippen MR) is 80.0 cm³/mol. The Balaban J connectivity index is 2.02. The van der Waals surface area contributed by atoms with E-state index >= 15 is 0 Å². The summed E-state index contributed by atoms with van der Waals surface area (Å²) < 4.78 is 5.20. The third kappa shape index (κ3) is 3.72. The first-order chi connectivity index (χ1) is 9.22. The molecule has 0 aliphatic rings. The van der Waals surface area contributed by atoms with Gasteiger partial charge in [0.2, 0.25) is 0 Å². The van der Waals surface area contributed by atoms with Crippen molar-refractivity contribution in [3.8, 4) is 5.75 Å². The first-order valence-electron chi connectivity index (χ1n) is 6.28. The standard InChI is InChI=1S/C15H19NO2S/c1-11(7-12-5-6-19-10-12)16-14-3-4-15(18-2)13(8-14)9-17/h3-6,8,10-11,16-17H,7,9H2,1-2H3. The molecular formula is C15H19NO2S. The van der Waals surface area contributed by atoms with Crippen LogP contribution in [0, 0.1) is 0 Å². The quantitative estimate of drug-likeness (QED) is 0.851. The number of thiophene rings is 1. The van der Waals surface area contributed by atoms with Crippen molar-refractivity contribution in [1.29, 1.82) is 0 Å². The van der Waals surface area contributed by atoms with Gasteiger partial charge in [-0.05, 0) is 53.9 Å². The first-order valence-corrected chi connectivity index (χ1v) is 7.22. The highest BCUT2D eigenvalue weighted by Crippen LogP contribution is 2.23. The van der Waals surface area contributed by atoms with E-state index in [2.05, 4.69) is 29.1 Å². The van der Waals surface area contributed by atoms with Crippen molar-refractivity contribution >= 4 is 17.0 Å². The summed E-state index contributed by atoms with van der Waals surface area (Å²) >= 11 is 1.72. The highest BCUT2D eigenvalue weighted by molar-refractivity contribution is 7.07. The summed E-state index contributed by atoms with van der Waals surface area (Å²) in [6, 6.07) is 8.28. The number of anilines is 1. The molecule has 1 aromatic carbocycles. The highest BCUT2D eigenvalue weighted by atomic mass is 32.1. The molecule has 0 fully saturated rings. The Hall–Kier alpha value is -1.52. The lowest BCUT2D eigenvalue weighted by Gasteiger charge is -2.16. The van der Waals surface area contributed by atoms with Crippen LogP contribution in [0.1, 0.15) is 18.1 Å². The third-order valence-electron chi connectivity index (χ3n) is 2.99. The topological polar surface area (TPSA) is 41.5 Å². The minimum Gasteiger partial charge on any atom is -0.496 e. The summed E-state index contributed by atoms with van der Waals surface area (Å²) in [7, 11) is 1.61. The molecule has 0 aliphatic heterocycles. The number of hydrogen-bond donors (Lipinski definition) is 2. The smallest absolute Gasteiger partial charge is 0.124 e. The molecule has 0 saturated carbocycles. The second-order valence-electron chi connectivity index (χ2n) is 4.57. The molecule has 19 heavy (non-hydrogen) atoms. The van der Waals surface area contributed by atoms with Crippen molar-refractivity contribution in [2.75, 3.05) is 12.4 Å². The maximum Gasteiger partial charge on any atom is 0.124 e. The maximum atomic E-state index is 9.31. The van der Waals surface area contributed by atoms with Gasteiger partial charge in [0, 0.05) is 17.3 Å². The van der Waals surface area contributed by atoms with Gasteiger partial charge in [-0.2, -0.15) is 11.3 Å². The molecule has 0 spiro atoms. The predicted octanol–water partition coefficient (Wildman–Crippen LogP) is 3.29. The Morgan fingerprint density at radius 3 is 2.84 bits per heavy atom. The van der Waals surface area contributed by atoms with Gasteiger partial charge >= 0.3 is 0 Å². The van der Waals surface area contributed by atoms with E-state index in [0.717, 1.165) is 23.4 Å². The van der Waals surface area contributed by atoms with Crippen molar-refractivity contribution < 1.29 is 9.84 Å². The summed E-state index contributed by atoms with van der Waals surface area (Å²) in [5.74, 6) is 0.721. The SMILES string of the molecule is COc1ccc(NC(C)Cc2ccsc2)cc1CO. The van der Waals surface area contributed by atoms with Gasteiger partial charge in [-0.15, -0.1) is 0 Å². The molecule has 2 rings (SSSR count). The molecule has 1 aromatic heterocycles. The van der Waals surface area contributed by atoms with Crippen molar-refractivity contribution in [2.45, 2.75) is 26.0 Å². The summed E-state index contributed by atoms with van der Waals surface area (Å²) in [6.45, 7) is 2.14. The molecule has 0 bridgehead atoms. The van der Waals surface area contributed by atoms with Crippen LogP contribution in [-0.2, 0) is 13.0 Å². The fourth-order valence-corrected chi connectivity index (χ4v) is 2.77. The summed E-state index contributed by atoms with van der Waals surface area (Å²) in [4.78, 5) is 0. The van der Waals surface area contributed by atoms with Crippen LogP contribution in [0.3, 0.4) is 0 Å². The van der Waals surface area contributed by atoms with E-state index < -0.39 is 0 Å². The van der Waals surface area contributed by atoms with Gasteiger partial charge in [0.05, 0.1) is 13.7 Å². The zero-order valence-corrected chi connectivity index (χ0v) is 12.0. The second kappa shape index (κ2) is 6.59. The van der Waals surface area contributed by atoms with E-state index in [1.54, 1.807) is 18.4 Å². The summed E-state index contributed by atoms with van der Waals surface area (Å²) in [5.41, 5.74) is 3.16. The molecule has 4 heteroatoms. The molecule has 2 aromatic rings. The summed E-state index contributed by atoms with van der Waals surface area (Å²) in [6.07, 6.45) is 0.990.